The number of aromatic amines is 1. The lowest BCUT2D eigenvalue weighted by Crippen LogP contribution is -2.58. The molecule has 2 aromatic rings. The summed E-state index contributed by atoms with van der Waals surface area (Å²) in [6.45, 7) is 3.00. The van der Waals surface area contributed by atoms with Crippen LogP contribution >= 0.6 is 0 Å². The van der Waals surface area contributed by atoms with Gasteiger partial charge in [-0.1, -0.05) is 32.0 Å². The summed E-state index contributed by atoms with van der Waals surface area (Å²) >= 11 is 0. The van der Waals surface area contributed by atoms with E-state index < -0.39 is 66.9 Å². The van der Waals surface area contributed by atoms with Gasteiger partial charge in [-0.3, -0.25) is 19.2 Å². The fourth-order valence-electron chi connectivity index (χ4n) is 3.71. The van der Waals surface area contributed by atoms with E-state index in [9.17, 15) is 29.1 Å². The fraction of sp³-hybridized carbons (Fsp3) is 0.458. The van der Waals surface area contributed by atoms with Crippen molar-refractivity contribution in [1.82, 2.24) is 20.9 Å². The summed E-state index contributed by atoms with van der Waals surface area (Å²) in [5.41, 5.74) is 6.97. The summed E-state index contributed by atoms with van der Waals surface area (Å²) in [5.74, 6) is -5.41. The number of carbonyl (C=O) groups excluding carboxylic acids is 3. The Morgan fingerprint density at radius 3 is 2.11 bits per heavy atom. The van der Waals surface area contributed by atoms with E-state index in [0.717, 1.165) is 10.9 Å². The average Bonchev–Trinajstić information content (AvgIpc) is 3.24. The van der Waals surface area contributed by atoms with Crippen LogP contribution in [0.4, 0.5) is 0 Å². The number of amides is 3. The molecular weight excluding hydrogens is 486 g/mol. The molecule has 0 fully saturated rings. The van der Waals surface area contributed by atoms with Gasteiger partial charge in [-0.15, -0.1) is 0 Å². The number of H-pyrrole nitrogens is 1. The minimum absolute atomic E-state index is 0.0470. The van der Waals surface area contributed by atoms with E-state index in [1.807, 2.05) is 26.0 Å². The summed E-state index contributed by atoms with van der Waals surface area (Å²) in [6.07, 6.45) is 0.921. The summed E-state index contributed by atoms with van der Waals surface area (Å²) < 4.78 is 0. The van der Waals surface area contributed by atoms with Crippen LogP contribution in [-0.2, 0) is 30.4 Å². The molecule has 0 bridgehead atoms. The topological polar surface area (TPSA) is 224 Å². The van der Waals surface area contributed by atoms with E-state index in [-0.39, 0.29) is 18.8 Å². The molecule has 9 N–H and O–H groups in total. The molecule has 0 saturated carbocycles. The highest BCUT2D eigenvalue weighted by Crippen LogP contribution is 2.19. The molecule has 0 aliphatic heterocycles. The van der Waals surface area contributed by atoms with Gasteiger partial charge in [0, 0.05) is 23.5 Å². The predicted molar refractivity (Wildman–Crippen MR) is 132 cm³/mol. The molecule has 4 unspecified atom stereocenters. The molecule has 2 rings (SSSR count). The summed E-state index contributed by atoms with van der Waals surface area (Å²) in [7, 11) is 0. The summed E-state index contributed by atoms with van der Waals surface area (Å²) in [4.78, 5) is 64.2. The third kappa shape index (κ3) is 8.58. The molecule has 0 saturated heterocycles. The molecule has 0 aliphatic rings. The summed E-state index contributed by atoms with van der Waals surface area (Å²) in [5, 5.41) is 35.5. The molecular formula is C24H33N5O8. The van der Waals surface area contributed by atoms with Crippen LogP contribution in [0.2, 0.25) is 0 Å². The summed E-state index contributed by atoms with van der Waals surface area (Å²) in [6, 6.07) is 1.85. The Balaban J connectivity index is 2.34. The van der Waals surface area contributed by atoms with Gasteiger partial charge in [-0.25, -0.2) is 4.79 Å². The number of hydrogen-bond donors (Lipinski definition) is 8. The second kappa shape index (κ2) is 13.4. The quantitative estimate of drug-likeness (QED) is 0.154. The van der Waals surface area contributed by atoms with Gasteiger partial charge in [-0.2, -0.15) is 0 Å². The van der Waals surface area contributed by atoms with Gasteiger partial charge in [0.2, 0.25) is 17.7 Å². The molecule has 4 atom stereocenters. The number of aliphatic carboxylic acids is 2. The molecule has 1 aromatic heterocycles. The lowest BCUT2D eigenvalue weighted by atomic mass is 10.00. The maximum absolute atomic E-state index is 13.2. The van der Waals surface area contributed by atoms with Crippen LogP contribution in [0.3, 0.4) is 0 Å². The van der Waals surface area contributed by atoms with E-state index in [4.69, 9.17) is 15.9 Å². The molecule has 37 heavy (non-hydrogen) atoms. The number of carbonyl (C=O) groups is 5. The first-order chi connectivity index (χ1) is 17.4. The number of rotatable bonds is 14. The number of hydrogen-bond acceptors (Lipinski definition) is 7. The Morgan fingerprint density at radius 2 is 1.51 bits per heavy atom. The van der Waals surface area contributed by atoms with Crippen LogP contribution in [0.5, 0.6) is 0 Å². The van der Waals surface area contributed by atoms with Crippen LogP contribution < -0.4 is 21.7 Å². The number of aliphatic hydroxyl groups excluding tert-OH is 1. The molecule has 0 spiro atoms. The van der Waals surface area contributed by atoms with Crippen molar-refractivity contribution in [3.63, 3.8) is 0 Å². The smallest absolute Gasteiger partial charge is 0.326 e. The van der Waals surface area contributed by atoms with Gasteiger partial charge in [0.15, 0.2) is 0 Å². The van der Waals surface area contributed by atoms with Gasteiger partial charge < -0.3 is 42.0 Å². The second-order valence-electron chi connectivity index (χ2n) is 9.10. The number of fused-ring (bicyclic) bond motifs is 1. The van der Waals surface area contributed by atoms with Crippen molar-refractivity contribution in [3.05, 3.63) is 36.0 Å². The Hall–Kier alpha value is -3.97. The van der Waals surface area contributed by atoms with Gasteiger partial charge in [0.05, 0.1) is 13.0 Å². The first-order valence-electron chi connectivity index (χ1n) is 11.7. The highest BCUT2D eigenvalue weighted by Gasteiger charge is 2.32. The van der Waals surface area contributed by atoms with Crippen LogP contribution in [0.25, 0.3) is 10.9 Å². The van der Waals surface area contributed by atoms with E-state index >= 15 is 0 Å². The third-order valence-electron chi connectivity index (χ3n) is 5.60. The van der Waals surface area contributed by atoms with Crippen molar-refractivity contribution >= 4 is 40.6 Å². The lowest BCUT2D eigenvalue weighted by Gasteiger charge is -2.25. The predicted octanol–water partition coefficient (Wildman–Crippen LogP) is -0.910. The molecule has 13 nitrogen and oxygen atoms in total. The zero-order valence-electron chi connectivity index (χ0n) is 20.6. The molecule has 13 heteroatoms. The Labute approximate surface area is 212 Å². The first-order valence-corrected chi connectivity index (χ1v) is 11.7. The fourth-order valence-corrected chi connectivity index (χ4v) is 3.71. The number of nitrogens with two attached hydrogens (primary N) is 1. The average molecular weight is 520 g/mol. The second-order valence-corrected chi connectivity index (χ2v) is 9.10. The van der Waals surface area contributed by atoms with Crippen LogP contribution in [0.15, 0.2) is 30.5 Å². The number of carboxylic acids is 2. The zero-order chi connectivity index (χ0) is 27.7. The highest BCUT2D eigenvalue weighted by atomic mass is 16.4. The van der Waals surface area contributed by atoms with E-state index in [1.54, 1.807) is 18.3 Å². The maximum atomic E-state index is 13.2. The Morgan fingerprint density at radius 1 is 0.919 bits per heavy atom. The number of aromatic nitrogens is 1. The van der Waals surface area contributed by atoms with E-state index in [2.05, 4.69) is 20.9 Å². The van der Waals surface area contributed by atoms with Gasteiger partial charge >= 0.3 is 11.9 Å². The number of benzene rings is 1. The third-order valence-corrected chi connectivity index (χ3v) is 5.60. The Bertz CT molecular complexity index is 1130. The maximum Gasteiger partial charge on any atom is 0.326 e. The Kier molecular flexibility index (Phi) is 10.6. The van der Waals surface area contributed by atoms with Crippen molar-refractivity contribution in [3.8, 4) is 0 Å². The van der Waals surface area contributed by atoms with E-state index in [0.29, 0.717) is 5.56 Å². The van der Waals surface area contributed by atoms with E-state index in [1.165, 1.54) is 0 Å². The van der Waals surface area contributed by atoms with Crippen LogP contribution in [-0.4, -0.2) is 80.7 Å². The van der Waals surface area contributed by atoms with Gasteiger partial charge in [0.1, 0.15) is 24.2 Å². The number of aliphatic hydroxyl groups is 1. The molecule has 0 radical (unpaired) electrons. The highest BCUT2D eigenvalue weighted by molar-refractivity contribution is 5.95. The first kappa shape index (κ1) is 29.3. The van der Waals surface area contributed by atoms with Crippen LogP contribution in [0.1, 0.15) is 32.3 Å². The standard InChI is InChI=1S/C24H33N5O8/c1-12(2)7-17(27-21(33)15(25)11-30)22(34)28-18(23(35)29-19(24(36)37)9-20(31)32)8-13-10-26-16-6-4-3-5-14(13)16/h3-6,10,12,15,17-19,26,30H,7-9,11,25H2,1-2H3,(H,27,33)(H,28,34)(H,29,35)(H,31,32)(H,36,37). The van der Waals surface area contributed by atoms with Crippen molar-refractivity contribution in [2.75, 3.05) is 6.61 Å². The molecule has 1 heterocycles. The van der Waals surface area contributed by atoms with Crippen molar-refractivity contribution in [2.24, 2.45) is 11.7 Å². The number of nitrogens with one attached hydrogen (secondary N) is 4. The minimum Gasteiger partial charge on any atom is -0.481 e. The van der Waals surface area contributed by atoms with Crippen molar-refractivity contribution in [2.45, 2.75) is 57.3 Å². The van der Waals surface area contributed by atoms with Crippen molar-refractivity contribution < 1.29 is 39.3 Å². The molecule has 202 valence electrons. The number of para-hydroxylation sites is 1. The largest absolute Gasteiger partial charge is 0.481 e. The van der Waals surface area contributed by atoms with Gasteiger partial charge in [0.25, 0.3) is 0 Å². The van der Waals surface area contributed by atoms with Crippen LogP contribution in [0, 0.1) is 5.92 Å². The molecule has 3 amide bonds. The SMILES string of the molecule is CC(C)CC(NC(=O)C(N)CO)C(=O)NC(Cc1c[nH]c2ccccc12)C(=O)NC(CC(=O)O)C(=O)O. The zero-order valence-corrected chi connectivity index (χ0v) is 20.6. The monoisotopic (exact) mass is 519 g/mol. The molecule has 0 aliphatic carbocycles. The molecule has 1 aromatic carbocycles. The lowest BCUT2D eigenvalue weighted by molar-refractivity contribution is -0.147. The number of carboxylic acid groups (broad SMARTS) is 2. The normalized spacial score (nSPS) is 14.4. The van der Waals surface area contributed by atoms with Crippen molar-refractivity contribution in [1.29, 1.82) is 0 Å². The minimum atomic E-state index is -1.72. The van der Waals surface area contributed by atoms with Gasteiger partial charge in [-0.05, 0) is 24.0 Å².